The van der Waals surface area contributed by atoms with Crippen LogP contribution in [-0.4, -0.2) is 5.91 Å². The van der Waals surface area contributed by atoms with E-state index >= 15 is 0 Å². The van der Waals surface area contributed by atoms with Crippen LogP contribution in [0.5, 0.6) is 0 Å². The van der Waals surface area contributed by atoms with Crippen molar-refractivity contribution in [3.63, 3.8) is 0 Å². The van der Waals surface area contributed by atoms with Gasteiger partial charge in [0.25, 0.3) is 5.91 Å². The number of hydrogen-bond donors (Lipinski definition) is 0. The molecule has 0 radical (unpaired) electrons. The SMILES string of the molecule is O=C1c2ccccc2C(c2ccccc2)N1c1ccccc1. The summed E-state index contributed by atoms with van der Waals surface area (Å²) in [6.07, 6.45) is 0. The van der Waals surface area contributed by atoms with Crippen LogP contribution in [0.3, 0.4) is 0 Å². The lowest BCUT2D eigenvalue weighted by molar-refractivity contribution is 0.0993. The number of fused-ring (bicyclic) bond motifs is 1. The Bertz CT molecular complexity index is 811. The van der Waals surface area contributed by atoms with E-state index < -0.39 is 0 Å². The molecule has 22 heavy (non-hydrogen) atoms. The van der Waals surface area contributed by atoms with E-state index in [0.717, 1.165) is 22.4 Å². The van der Waals surface area contributed by atoms with Gasteiger partial charge in [0, 0.05) is 11.3 Å². The number of benzene rings is 3. The quantitative estimate of drug-likeness (QED) is 0.682. The van der Waals surface area contributed by atoms with Crippen LogP contribution in [0, 0.1) is 0 Å². The summed E-state index contributed by atoms with van der Waals surface area (Å²) in [5.74, 6) is 0.0654. The van der Waals surface area contributed by atoms with Gasteiger partial charge in [-0.2, -0.15) is 0 Å². The van der Waals surface area contributed by atoms with Crippen molar-refractivity contribution < 1.29 is 4.79 Å². The molecule has 0 aliphatic carbocycles. The molecule has 1 unspecified atom stereocenters. The monoisotopic (exact) mass is 285 g/mol. The van der Waals surface area contributed by atoms with Gasteiger partial charge in [0.05, 0.1) is 6.04 Å². The first-order chi connectivity index (χ1) is 10.9. The van der Waals surface area contributed by atoms with E-state index in [4.69, 9.17) is 0 Å². The molecule has 0 saturated heterocycles. The highest BCUT2D eigenvalue weighted by atomic mass is 16.2. The number of amides is 1. The number of rotatable bonds is 2. The van der Waals surface area contributed by atoms with Crippen molar-refractivity contribution in [1.82, 2.24) is 0 Å². The van der Waals surface area contributed by atoms with Gasteiger partial charge < -0.3 is 0 Å². The van der Waals surface area contributed by atoms with Crippen LogP contribution in [0.1, 0.15) is 27.5 Å². The van der Waals surface area contributed by atoms with Crippen LogP contribution in [0.4, 0.5) is 5.69 Å². The van der Waals surface area contributed by atoms with E-state index in [2.05, 4.69) is 12.1 Å². The Kier molecular flexibility index (Phi) is 3.01. The minimum Gasteiger partial charge on any atom is -0.297 e. The molecule has 1 atom stereocenters. The van der Waals surface area contributed by atoms with E-state index in [9.17, 15) is 4.79 Å². The van der Waals surface area contributed by atoms with Gasteiger partial charge >= 0.3 is 0 Å². The van der Waals surface area contributed by atoms with Crippen molar-refractivity contribution in [2.75, 3.05) is 4.90 Å². The third-order valence-corrected chi connectivity index (χ3v) is 4.11. The van der Waals surface area contributed by atoms with E-state index in [0.29, 0.717) is 0 Å². The van der Waals surface area contributed by atoms with Gasteiger partial charge in [0.15, 0.2) is 0 Å². The molecule has 0 bridgehead atoms. The molecule has 106 valence electrons. The third-order valence-electron chi connectivity index (χ3n) is 4.11. The Morgan fingerprint density at radius 1 is 0.682 bits per heavy atom. The highest BCUT2D eigenvalue weighted by molar-refractivity contribution is 6.11. The van der Waals surface area contributed by atoms with Crippen LogP contribution in [0.2, 0.25) is 0 Å². The van der Waals surface area contributed by atoms with E-state index in [1.165, 1.54) is 0 Å². The van der Waals surface area contributed by atoms with Crippen LogP contribution in [-0.2, 0) is 0 Å². The third kappa shape index (κ3) is 1.92. The number of para-hydroxylation sites is 1. The zero-order chi connectivity index (χ0) is 14.9. The highest BCUT2D eigenvalue weighted by Crippen LogP contribution is 2.41. The molecule has 1 amide bonds. The largest absolute Gasteiger partial charge is 0.297 e. The first-order valence-corrected chi connectivity index (χ1v) is 7.39. The highest BCUT2D eigenvalue weighted by Gasteiger charge is 2.38. The van der Waals surface area contributed by atoms with Crippen molar-refractivity contribution in [2.45, 2.75) is 6.04 Å². The summed E-state index contributed by atoms with van der Waals surface area (Å²) in [6.45, 7) is 0. The minimum atomic E-state index is -0.0627. The molecule has 0 aromatic heterocycles. The Labute approximate surface area is 129 Å². The molecule has 3 aromatic carbocycles. The topological polar surface area (TPSA) is 20.3 Å². The predicted octanol–water partition coefficient (Wildman–Crippen LogP) is 4.44. The van der Waals surface area contributed by atoms with Crippen molar-refractivity contribution >= 4 is 11.6 Å². The summed E-state index contributed by atoms with van der Waals surface area (Å²) in [4.78, 5) is 14.8. The number of anilines is 1. The summed E-state index contributed by atoms with van der Waals surface area (Å²) in [7, 11) is 0. The van der Waals surface area contributed by atoms with Gasteiger partial charge in [0.1, 0.15) is 0 Å². The number of nitrogens with zero attached hydrogens (tertiary/aromatic N) is 1. The molecule has 2 heteroatoms. The van der Waals surface area contributed by atoms with Gasteiger partial charge in [-0.1, -0.05) is 66.7 Å². The number of hydrogen-bond acceptors (Lipinski definition) is 1. The van der Waals surface area contributed by atoms with Crippen molar-refractivity contribution in [1.29, 1.82) is 0 Å². The predicted molar refractivity (Wildman–Crippen MR) is 88.0 cm³/mol. The molecule has 4 rings (SSSR count). The zero-order valence-electron chi connectivity index (χ0n) is 12.0. The summed E-state index contributed by atoms with van der Waals surface area (Å²) in [5, 5.41) is 0. The van der Waals surface area contributed by atoms with E-state index in [-0.39, 0.29) is 11.9 Å². The molecule has 0 fully saturated rings. The lowest BCUT2D eigenvalue weighted by atomic mass is 9.98. The second kappa shape index (κ2) is 5.15. The van der Waals surface area contributed by atoms with Gasteiger partial charge in [-0.05, 0) is 29.3 Å². The molecule has 2 nitrogen and oxygen atoms in total. The second-order valence-electron chi connectivity index (χ2n) is 5.41. The van der Waals surface area contributed by atoms with Gasteiger partial charge in [-0.3, -0.25) is 9.69 Å². The fourth-order valence-corrected chi connectivity index (χ4v) is 3.14. The van der Waals surface area contributed by atoms with Gasteiger partial charge in [-0.15, -0.1) is 0 Å². The normalized spacial score (nSPS) is 16.6. The first kappa shape index (κ1) is 12.8. The fraction of sp³-hybridized carbons (Fsp3) is 0.0500. The average Bonchev–Trinajstić information content (AvgIpc) is 2.90. The summed E-state index contributed by atoms with van der Waals surface area (Å²) in [5.41, 5.74) is 3.92. The average molecular weight is 285 g/mol. The van der Waals surface area contributed by atoms with Crippen molar-refractivity contribution in [2.24, 2.45) is 0 Å². The molecule has 0 spiro atoms. The molecule has 1 heterocycles. The Morgan fingerprint density at radius 3 is 2.00 bits per heavy atom. The second-order valence-corrected chi connectivity index (χ2v) is 5.41. The Hall–Kier alpha value is -2.87. The summed E-state index contributed by atoms with van der Waals surface area (Å²) in [6, 6.07) is 27.9. The molecule has 3 aromatic rings. The Balaban J connectivity index is 1.92. The fourth-order valence-electron chi connectivity index (χ4n) is 3.14. The van der Waals surface area contributed by atoms with Crippen LogP contribution >= 0.6 is 0 Å². The summed E-state index contributed by atoms with van der Waals surface area (Å²) >= 11 is 0. The van der Waals surface area contributed by atoms with Crippen LogP contribution in [0.25, 0.3) is 0 Å². The lowest BCUT2D eigenvalue weighted by Crippen LogP contribution is -2.28. The summed E-state index contributed by atoms with van der Waals surface area (Å²) < 4.78 is 0. The van der Waals surface area contributed by atoms with Crippen LogP contribution in [0.15, 0.2) is 84.9 Å². The standard InChI is InChI=1S/C20H15NO/c22-20-18-14-8-7-13-17(18)19(15-9-3-1-4-10-15)21(20)16-11-5-2-6-12-16/h1-14,19H. The zero-order valence-corrected chi connectivity index (χ0v) is 12.0. The molecule has 0 N–H and O–H groups in total. The number of carbonyl (C=O) groups excluding carboxylic acids is 1. The molecule has 0 saturated carbocycles. The van der Waals surface area contributed by atoms with E-state index in [1.807, 2.05) is 77.7 Å². The Morgan fingerprint density at radius 2 is 1.27 bits per heavy atom. The molecular formula is C20H15NO. The maximum Gasteiger partial charge on any atom is 0.259 e. The van der Waals surface area contributed by atoms with Crippen molar-refractivity contribution in [3.05, 3.63) is 102 Å². The first-order valence-electron chi connectivity index (χ1n) is 7.39. The van der Waals surface area contributed by atoms with E-state index in [1.54, 1.807) is 0 Å². The minimum absolute atomic E-state index is 0.0627. The van der Waals surface area contributed by atoms with Crippen LogP contribution < -0.4 is 4.90 Å². The van der Waals surface area contributed by atoms with Gasteiger partial charge in [0.2, 0.25) is 0 Å². The smallest absolute Gasteiger partial charge is 0.259 e. The lowest BCUT2D eigenvalue weighted by Gasteiger charge is -2.26. The van der Waals surface area contributed by atoms with Gasteiger partial charge in [-0.25, -0.2) is 0 Å². The molecule has 1 aliphatic heterocycles. The van der Waals surface area contributed by atoms with Crippen molar-refractivity contribution in [3.8, 4) is 0 Å². The molecule has 1 aliphatic rings. The maximum absolute atomic E-state index is 12.9. The number of carbonyl (C=O) groups is 1. The maximum atomic E-state index is 12.9. The molecular weight excluding hydrogens is 270 g/mol.